The molecule has 140 valence electrons. The van der Waals surface area contributed by atoms with E-state index >= 15 is 0 Å². The number of aromatic amines is 1. The van der Waals surface area contributed by atoms with Crippen molar-refractivity contribution >= 4 is 34.5 Å². The third kappa shape index (κ3) is 3.67. The number of hydrogen-bond donors (Lipinski definition) is 2. The Labute approximate surface area is 155 Å². The van der Waals surface area contributed by atoms with Crippen LogP contribution < -0.4 is 5.43 Å². The number of nitrogens with one attached hydrogen (secondary N) is 2. The van der Waals surface area contributed by atoms with Crippen molar-refractivity contribution in [3.8, 4) is 0 Å². The number of hydrogen-bond acceptors (Lipinski definition) is 5. The maximum Gasteiger partial charge on any atom is 0.270 e. The standard InChI is InChI=1S/C18H20N6O3/c25-16-4-3-14(21-22-16)18(27)24-7-5-23(6-8-24)17(26)10-12-1-2-13-15(9-12)20-11-19-13/h1-2,9,11H,3-8,10H2,(H,19,20)(H,22,25). The van der Waals surface area contributed by atoms with Gasteiger partial charge in [0.05, 0.1) is 23.8 Å². The predicted octanol–water partition coefficient (Wildman–Crippen LogP) is 0.0422. The summed E-state index contributed by atoms with van der Waals surface area (Å²) in [5.41, 5.74) is 5.45. The third-order valence-corrected chi connectivity index (χ3v) is 4.91. The molecule has 27 heavy (non-hydrogen) atoms. The summed E-state index contributed by atoms with van der Waals surface area (Å²) in [5.74, 6) is -0.287. The summed E-state index contributed by atoms with van der Waals surface area (Å²) in [4.78, 5) is 46.9. The summed E-state index contributed by atoms with van der Waals surface area (Å²) in [6.45, 7) is 1.93. The minimum absolute atomic E-state index is 0.0447. The van der Waals surface area contributed by atoms with Crippen LogP contribution in [-0.4, -0.2) is 69.4 Å². The summed E-state index contributed by atoms with van der Waals surface area (Å²) >= 11 is 0. The SMILES string of the molecule is O=C1CCC(C(=O)N2CCN(C(=O)Cc3ccc4nc[nH]c4c3)CC2)=NN1. The first-order chi connectivity index (χ1) is 13.1. The third-order valence-electron chi connectivity index (χ3n) is 4.91. The van der Waals surface area contributed by atoms with Crippen LogP contribution >= 0.6 is 0 Å². The zero-order valence-electron chi connectivity index (χ0n) is 14.8. The molecule has 2 aliphatic heterocycles. The molecule has 0 aliphatic carbocycles. The average molecular weight is 368 g/mol. The summed E-state index contributed by atoms with van der Waals surface area (Å²) < 4.78 is 0. The first-order valence-corrected chi connectivity index (χ1v) is 8.94. The highest BCUT2D eigenvalue weighted by atomic mass is 16.2. The van der Waals surface area contributed by atoms with Crippen molar-refractivity contribution in [3.05, 3.63) is 30.1 Å². The molecule has 2 aliphatic rings. The van der Waals surface area contributed by atoms with Gasteiger partial charge in [-0.3, -0.25) is 14.4 Å². The molecule has 0 spiro atoms. The molecule has 0 radical (unpaired) electrons. The number of fused-ring (bicyclic) bond motifs is 1. The Morgan fingerprint density at radius 3 is 2.59 bits per heavy atom. The lowest BCUT2D eigenvalue weighted by Crippen LogP contribution is -2.53. The molecule has 0 unspecified atom stereocenters. The van der Waals surface area contributed by atoms with E-state index in [2.05, 4.69) is 20.5 Å². The molecule has 0 atom stereocenters. The average Bonchev–Trinajstić information content (AvgIpc) is 3.16. The van der Waals surface area contributed by atoms with Crippen molar-refractivity contribution in [2.24, 2.45) is 5.10 Å². The second-order valence-electron chi connectivity index (χ2n) is 6.70. The number of rotatable bonds is 3. The van der Waals surface area contributed by atoms with Gasteiger partial charge >= 0.3 is 0 Å². The fourth-order valence-corrected chi connectivity index (χ4v) is 3.35. The maximum absolute atomic E-state index is 12.6. The van der Waals surface area contributed by atoms with Crippen molar-refractivity contribution in [2.75, 3.05) is 26.2 Å². The van der Waals surface area contributed by atoms with Crippen molar-refractivity contribution in [1.29, 1.82) is 0 Å². The molecule has 4 rings (SSSR count). The number of aromatic nitrogens is 2. The lowest BCUT2D eigenvalue weighted by molar-refractivity contribution is -0.136. The second-order valence-corrected chi connectivity index (χ2v) is 6.70. The fourth-order valence-electron chi connectivity index (χ4n) is 3.35. The van der Waals surface area contributed by atoms with Gasteiger partial charge in [0.1, 0.15) is 5.71 Å². The highest BCUT2D eigenvalue weighted by molar-refractivity contribution is 6.39. The zero-order valence-corrected chi connectivity index (χ0v) is 14.8. The lowest BCUT2D eigenvalue weighted by Gasteiger charge is -2.35. The van der Waals surface area contributed by atoms with Gasteiger partial charge < -0.3 is 14.8 Å². The number of imidazole rings is 1. The topological polar surface area (TPSA) is 111 Å². The van der Waals surface area contributed by atoms with Crippen LogP contribution in [0.2, 0.25) is 0 Å². The number of H-pyrrole nitrogens is 1. The van der Waals surface area contributed by atoms with E-state index in [-0.39, 0.29) is 24.1 Å². The minimum atomic E-state index is -0.171. The molecular weight excluding hydrogens is 348 g/mol. The molecule has 1 fully saturated rings. The van der Waals surface area contributed by atoms with E-state index in [0.717, 1.165) is 16.6 Å². The normalized spacial score (nSPS) is 17.6. The van der Waals surface area contributed by atoms with Crippen LogP contribution in [0.3, 0.4) is 0 Å². The van der Waals surface area contributed by atoms with E-state index in [1.165, 1.54) is 0 Å². The number of piperazine rings is 1. The molecule has 3 amide bonds. The Balaban J connectivity index is 1.32. The lowest BCUT2D eigenvalue weighted by atomic mass is 10.1. The molecule has 9 heteroatoms. The van der Waals surface area contributed by atoms with Gasteiger partial charge in [-0.2, -0.15) is 5.10 Å². The van der Waals surface area contributed by atoms with Crippen molar-refractivity contribution in [1.82, 2.24) is 25.2 Å². The van der Waals surface area contributed by atoms with Crippen molar-refractivity contribution in [2.45, 2.75) is 19.3 Å². The van der Waals surface area contributed by atoms with Crippen LogP contribution in [0.4, 0.5) is 0 Å². The molecule has 0 bridgehead atoms. The van der Waals surface area contributed by atoms with Crippen molar-refractivity contribution in [3.63, 3.8) is 0 Å². The zero-order chi connectivity index (χ0) is 18.8. The van der Waals surface area contributed by atoms with E-state index in [9.17, 15) is 14.4 Å². The molecule has 1 saturated heterocycles. The van der Waals surface area contributed by atoms with Gasteiger partial charge in [-0.25, -0.2) is 10.4 Å². The smallest absolute Gasteiger partial charge is 0.270 e. The Hall–Kier alpha value is -3.23. The van der Waals surface area contributed by atoms with Crippen LogP contribution in [0.1, 0.15) is 18.4 Å². The van der Waals surface area contributed by atoms with Gasteiger partial charge in [0.2, 0.25) is 11.8 Å². The van der Waals surface area contributed by atoms with Crippen molar-refractivity contribution < 1.29 is 14.4 Å². The summed E-state index contributed by atoms with van der Waals surface area (Å²) in [7, 11) is 0. The maximum atomic E-state index is 12.6. The summed E-state index contributed by atoms with van der Waals surface area (Å²) in [5, 5.41) is 3.85. The quantitative estimate of drug-likeness (QED) is 0.797. The van der Waals surface area contributed by atoms with Gasteiger partial charge in [0.15, 0.2) is 0 Å². The van der Waals surface area contributed by atoms with Crippen LogP contribution in [-0.2, 0) is 20.8 Å². The highest BCUT2D eigenvalue weighted by Crippen LogP contribution is 2.14. The summed E-state index contributed by atoms with van der Waals surface area (Å²) in [6, 6.07) is 5.75. The minimum Gasteiger partial charge on any atom is -0.345 e. The number of carbonyl (C=O) groups is 3. The van der Waals surface area contributed by atoms with Gasteiger partial charge in [-0.05, 0) is 17.7 Å². The molecule has 1 aromatic heterocycles. The van der Waals surface area contributed by atoms with E-state index in [1.54, 1.807) is 16.1 Å². The molecule has 1 aromatic carbocycles. The largest absolute Gasteiger partial charge is 0.345 e. The van der Waals surface area contributed by atoms with Crippen LogP contribution in [0.5, 0.6) is 0 Å². The van der Waals surface area contributed by atoms with Crippen LogP contribution in [0.25, 0.3) is 11.0 Å². The van der Waals surface area contributed by atoms with Crippen LogP contribution in [0.15, 0.2) is 29.6 Å². The molecule has 0 saturated carbocycles. The second kappa shape index (κ2) is 7.18. The number of benzene rings is 1. The Kier molecular flexibility index (Phi) is 4.57. The molecule has 2 N–H and O–H groups in total. The molecular formula is C18H20N6O3. The van der Waals surface area contributed by atoms with E-state index in [0.29, 0.717) is 44.7 Å². The van der Waals surface area contributed by atoms with Crippen LogP contribution in [0, 0.1) is 0 Å². The monoisotopic (exact) mass is 368 g/mol. The molecule has 3 heterocycles. The fraction of sp³-hybridized carbons (Fsp3) is 0.389. The number of carbonyl (C=O) groups excluding carboxylic acids is 3. The van der Waals surface area contributed by atoms with E-state index < -0.39 is 0 Å². The first kappa shape index (κ1) is 17.2. The number of nitrogens with zero attached hydrogens (tertiary/aromatic N) is 4. The van der Waals surface area contributed by atoms with Gasteiger partial charge in [-0.15, -0.1) is 0 Å². The highest BCUT2D eigenvalue weighted by Gasteiger charge is 2.28. The number of amides is 3. The predicted molar refractivity (Wildman–Crippen MR) is 97.8 cm³/mol. The van der Waals surface area contributed by atoms with Gasteiger partial charge in [0, 0.05) is 39.0 Å². The van der Waals surface area contributed by atoms with E-state index in [4.69, 9.17) is 0 Å². The molecule has 2 aromatic rings. The Morgan fingerprint density at radius 2 is 1.85 bits per heavy atom. The Morgan fingerprint density at radius 1 is 1.07 bits per heavy atom. The van der Waals surface area contributed by atoms with Gasteiger partial charge in [-0.1, -0.05) is 6.07 Å². The van der Waals surface area contributed by atoms with Gasteiger partial charge in [0.25, 0.3) is 5.91 Å². The summed E-state index contributed by atoms with van der Waals surface area (Å²) in [6.07, 6.45) is 2.60. The van der Waals surface area contributed by atoms with E-state index in [1.807, 2.05) is 18.2 Å². The Bertz CT molecular complexity index is 926. The number of hydrazone groups is 1. The molecule has 9 nitrogen and oxygen atoms in total. The first-order valence-electron chi connectivity index (χ1n) is 8.94.